The summed E-state index contributed by atoms with van der Waals surface area (Å²) in [6.45, 7) is 6.82. The Morgan fingerprint density at radius 3 is 1.44 bits per heavy atom. The minimum absolute atomic E-state index is 0.0916. The van der Waals surface area contributed by atoms with Gasteiger partial charge in [0.2, 0.25) is 0 Å². The van der Waals surface area contributed by atoms with Gasteiger partial charge in [-0.15, -0.1) is 0 Å². The van der Waals surface area contributed by atoms with Gasteiger partial charge in [0.15, 0.2) is 0 Å². The van der Waals surface area contributed by atoms with Crippen LogP contribution in [-0.2, 0) is 5.41 Å². The summed E-state index contributed by atoms with van der Waals surface area (Å²) in [4.78, 5) is 6.52. The minimum atomic E-state index is -0.740. The van der Waals surface area contributed by atoms with Crippen molar-refractivity contribution in [3.8, 4) is 0 Å². The van der Waals surface area contributed by atoms with Gasteiger partial charge in [-0.05, 0) is 124 Å². The van der Waals surface area contributed by atoms with Crippen LogP contribution in [0.3, 0.4) is 0 Å². The van der Waals surface area contributed by atoms with Gasteiger partial charge in [0.1, 0.15) is 0 Å². The second kappa shape index (κ2) is 12.4. The van der Waals surface area contributed by atoms with E-state index in [1.54, 1.807) is 4.91 Å². The van der Waals surface area contributed by atoms with Crippen molar-refractivity contribution in [2.24, 2.45) is 0 Å². The molecule has 0 bridgehead atoms. The van der Waals surface area contributed by atoms with Gasteiger partial charge < -0.3 is 9.80 Å². The highest BCUT2D eigenvalue weighted by Crippen LogP contribution is 2.51. The van der Waals surface area contributed by atoms with Crippen LogP contribution in [0.4, 0.5) is 28.4 Å². The van der Waals surface area contributed by atoms with Crippen molar-refractivity contribution in [2.45, 2.75) is 39.0 Å². The quantitative estimate of drug-likeness (QED) is 0.156. The Hall–Kier alpha value is -4.99. The molecule has 1 aliphatic rings. The van der Waals surface area contributed by atoms with E-state index in [0.717, 1.165) is 24.2 Å². The van der Waals surface area contributed by atoms with E-state index in [2.05, 4.69) is 195 Å². The molecule has 0 heterocycles. The van der Waals surface area contributed by atoms with Gasteiger partial charge in [-0.1, -0.05) is 112 Å². The van der Waals surface area contributed by atoms with Crippen molar-refractivity contribution in [1.29, 1.82) is 0 Å². The molecule has 50 heavy (non-hydrogen) atoms. The molecule has 250 valence electrons. The van der Waals surface area contributed by atoms with Gasteiger partial charge in [-0.3, -0.25) is 0 Å². The van der Waals surface area contributed by atoms with Crippen LogP contribution in [0.15, 0.2) is 156 Å². The van der Waals surface area contributed by atoms with Crippen molar-refractivity contribution in [3.63, 3.8) is 0 Å². The third-order valence-corrected chi connectivity index (χ3v) is 12.2. The lowest BCUT2D eigenvalue weighted by atomic mass is 9.87. The fourth-order valence-corrected chi connectivity index (χ4v) is 8.81. The molecule has 0 N–H and O–H groups in total. The van der Waals surface area contributed by atoms with E-state index in [1.807, 2.05) is 0 Å². The Labute approximate surface area is 299 Å². The molecule has 0 radical (unpaired) electrons. The fourth-order valence-electron chi connectivity index (χ4n) is 7.62. The molecular formula is C47H46N2S. The Kier molecular flexibility index (Phi) is 8.00. The number of benzene rings is 7. The van der Waals surface area contributed by atoms with E-state index in [1.165, 1.54) is 60.6 Å². The molecule has 0 saturated carbocycles. The van der Waals surface area contributed by atoms with E-state index >= 15 is 0 Å². The maximum absolute atomic E-state index is 2.51. The fraction of sp³-hybridized carbons (Fsp3) is 0.191. The Balaban J connectivity index is 1.35. The molecule has 0 spiro atoms. The van der Waals surface area contributed by atoms with Gasteiger partial charge in [-0.2, -0.15) is 0 Å². The summed E-state index contributed by atoms with van der Waals surface area (Å²) in [5.41, 5.74) is 8.68. The molecule has 7 aromatic rings. The van der Waals surface area contributed by atoms with E-state index in [0.29, 0.717) is 0 Å². The first kappa shape index (κ1) is 32.2. The molecule has 0 aliphatic heterocycles. The van der Waals surface area contributed by atoms with Crippen LogP contribution in [0.2, 0.25) is 0 Å². The Morgan fingerprint density at radius 1 is 0.480 bits per heavy atom. The molecule has 3 heteroatoms. The largest absolute Gasteiger partial charge is 0.314 e. The van der Waals surface area contributed by atoms with Crippen molar-refractivity contribution < 1.29 is 0 Å². The average Bonchev–Trinajstić information content (AvgIpc) is 3.12. The lowest BCUT2D eigenvalue weighted by Gasteiger charge is -2.35. The number of nitrogens with zero attached hydrogens (tertiary/aromatic N) is 2. The minimum Gasteiger partial charge on any atom is -0.314 e. The van der Waals surface area contributed by atoms with Gasteiger partial charge in [0.05, 0.1) is 11.4 Å². The zero-order valence-electron chi connectivity index (χ0n) is 30.1. The average molecular weight is 671 g/mol. The number of anilines is 5. The number of para-hydroxylation sites is 2. The number of allylic oxidation sites excluding steroid dienone is 4. The predicted octanol–water partition coefficient (Wildman–Crippen LogP) is 13.7. The van der Waals surface area contributed by atoms with Crippen LogP contribution in [0.1, 0.15) is 39.2 Å². The first-order valence-corrected chi connectivity index (χ1v) is 20.5. The number of hydrogen-bond donors (Lipinski definition) is 0. The highest BCUT2D eigenvalue weighted by Gasteiger charge is 2.24. The van der Waals surface area contributed by atoms with Crippen LogP contribution in [0.25, 0.3) is 32.3 Å². The van der Waals surface area contributed by atoms with Crippen molar-refractivity contribution in [1.82, 2.24) is 0 Å². The summed E-state index contributed by atoms with van der Waals surface area (Å²) >= 11 is 0. The summed E-state index contributed by atoms with van der Waals surface area (Å²) in [6, 6.07) is 49.4. The first-order valence-electron chi connectivity index (χ1n) is 17.7. The van der Waals surface area contributed by atoms with Crippen LogP contribution < -0.4 is 9.80 Å². The van der Waals surface area contributed by atoms with Gasteiger partial charge in [0.25, 0.3) is 0 Å². The highest BCUT2D eigenvalue weighted by atomic mass is 32.3. The molecule has 8 rings (SSSR count). The van der Waals surface area contributed by atoms with E-state index < -0.39 is 10.0 Å². The smallest absolute Gasteiger partial charge is 0.0540 e. The molecule has 0 atom stereocenters. The topological polar surface area (TPSA) is 6.48 Å². The van der Waals surface area contributed by atoms with Crippen LogP contribution in [0.5, 0.6) is 0 Å². The number of rotatable bonds is 7. The molecule has 7 aromatic carbocycles. The van der Waals surface area contributed by atoms with E-state index in [4.69, 9.17) is 0 Å². The van der Waals surface area contributed by atoms with Crippen LogP contribution in [-0.4, -0.2) is 18.8 Å². The molecule has 1 aliphatic carbocycles. The monoisotopic (exact) mass is 670 g/mol. The molecule has 2 nitrogen and oxygen atoms in total. The zero-order valence-corrected chi connectivity index (χ0v) is 30.9. The van der Waals surface area contributed by atoms with Crippen LogP contribution in [0, 0.1) is 0 Å². The normalized spacial score (nSPS) is 14.2. The van der Waals surface area contributed by atoms with Crippen molar-refractivity contribution >= 4 is 70.8 Å². The van der Waals surface area contributed by atoms with Crippen molar-refractivity contribution in [2.75, 3.05) is 28.6 Å². The second-order valence-corrected chi connectivity index (χ2v) is 19.6. The summed E-state index contributed by atoms with van der Waals surface area (Å²) < 4.78 is 0. The van der Waals surface area contributed by atoms with Gasteiger partial charge >= 0.3 is 0 Å². The summed E-state index contributed by atoms with van der Waals surface area (Å²) in [5, 5.41) is 7.70. The molecule has 0 saturated heterocycles. The summed E-state index contributed by atoms with van der Waals surface area (Å²) in [5.74, 6) is 0. The van der Waals surface area contributed by atoms with E-state index in [9.17, 15) is 0 Å². The van der Waals surface area contributed by atoms with E-state index in [-0.39, 0.29) is 5.41 Å². The third kappa shape index (κ3) is 5.74. The van der Waals surface area contributed by atoms with Crippen molar-refractivity contribution in [3.05, 3.63) is 162 Å². The Morgan fingerprint density at radius 2 is 0.960 bits per heavy atom. The standard InChI is InChI=1S/C47H46N2S/c1-47(2,3)35-21-23-38(24-22-35)48(36-13-9-7-10-14-36)43-31-19-33-18-30-42-44(32-20-34-17-29-41(43)45(33)46(34)42)49(37-15-11-8-12-16-37)39-25-27-40(28-26-39)50(4,5)6/h7-25,27,29-32H,26,28H2,1-6H3. The van der Waals surface area contributed by atoms with Gasteiger partial charge in [-0.25, -0.2) is 10.0 Å². The molecule has 0 fully saturated rings. The molecular weight excluding hydrogens is 625 g/mol. The lowest BCUT2D eigenvalue weighted by Crippen LogP contribution is -2.19. The maximum Gasteiger partial charge on any atom is 0.0540 e. The first-order chi connectivity index (χ1) is 24.1. The highest BCUT2D eigenvalue weighted by molar-refractivity contribution is 8.35. The molecule has 0 unspecified atom stereocenters. The Bertz CT molecular complexity index is 2370. The predicted molar refractivity (Wildman–Crippen MR) is 223 cm³/mol. The second-order valence-electron chi connectivity index (χ2n) is 15.4. The lowest BCUT2D eigenvalue weighted by molar-refractivity contribution is 0.590. The molecule has 0 amide bonds. The summed E-state index contributed by atoms with van der Waals surface area (Å²) in [6.07, 6.45) is 14.1. The zero-order chi connectivity index (χ0) is 34.6. The summed E-state index contributed by atoms with van der Waals surface area (Å²) in [7, 11) is -0.740. The maximum atomic E-state index is 2.51. The SMILES string of the molecule is CC(C)(C)c1ccc(N(c2ccccc2)c2ccc3ccc4c(N(C5=CC=C(S(C)(C)C)CC5)c5ccccc5)ccc5ccc2c3c54)cc1. The molecule has 0 aromatic heterocycles. The van der Waals surface area contributed by atoms with Crippen LogP contribution >= 0.6 is 10.0 Å². The van der Waals surface area contributed by atoms with Gasteiger partial charge in [0, 0.05) is 33.5 Å². The third-order valence-electron chi connectivity index (χ3n) is 10.3. The number of hydrogen-bond acceptors (Lipinski definition) is 2.